The lowest BCUT2D eigenvalue weighted by Crippen LogP contribution is -2.41. The molecule has 0 unspecified atom stereocenters. The van der Waals surface area contributed by atoms with Crippen LogP contribution in [0.15, 0.2) is 29.2 Å². The molecular formula is C19H28N2O5S. The number of hydrogen-bond acceptors (Lipinski definition) is 5. The first kappa shape index (κ1) is 21.4. The summed E-state index contributed by atoms with van der Waals surface area (Å²) in [5, 5.41) is 0. The van der Waals surface area contributed by atoms with Gasteiger partial charge in [0.15, 0.2) is 6.61 Å². The highest BCUT2D eigenvalue weighted by Gasteiger charge is 2.25. The van der Waals surface area contributed by atoms with Gasteiger partial charge in [-0.15, -0.1) is 0 Å². The second kappa shape index (κ2) is 8.84. The molecule has 1 aromatic rings. The third-order valence-electron chi connectivity index (χ3n) is 5.10. The number of sulfonamides is 1. The monoisotopic (exact) mass is 396 g/mol. The van der Waals surface area contributed by atoms with E-state index in [0.29, 0.717) is 5.92 Å². The lowest BCUT2D eigenvalue weighted by Gasteiger charge is -2.33. The number of amides is 1. The zero-order valence-electron chi connectivity index (χ0n) is 16.3. The smallest absolute Gasteiger partial charge is 0.338 e. The molecule has 0 heterocycles. The van der Waals surface area contributed by atoms with Crippen molar-refractivity contribution in [3.8, 4) is 0 Å². The van der Waals surface area contributed by atoms with Gasteiger partial charge in [0.25, 0.3) is 5.91 Å². The number of benzene rings is 1. The fraction of sp³-hybridized carbons (Fsp3) is 0.579. The first-order valence-electron chi connectivity index (χ1n) is 9.08. The topological polar surface area (TPSA) is 84.0 Å². The number of nitrogens with zero attached hydrogens (tertiary/aromatic N) is 2. The Bertz CT molecular complexity index is 783. The van der Waals surface area contributed by atoms with E-state index in [-0.39, 0.29) is 29.0 Å². The lowest BCUT2D eigenvalue weighted by atomic mass is 9.87. The van der Waals surface area contributed by atoms with Crippen LogP contribution in [0, 0.1) is 5.92 Å². The van der Waals surface area contributed by atoms with Gasteiger partial charge in [0.2, 0.25) is 10.0 Å². The molecule has 150 valence electrons. The van der Waals surface area contributed by atoms with Gasteiger partial charge in [-0.1, -0.05) is 13.0 Å². The van der Waals surface area contributed by atoms with Gasteiger partial charge in [0.1, 0.15) is 0 Å². The molecule has 0 aliphatic heterocycles. The van der Waals surface area contributed by atoms with Crippen LogP contribution >= 0.6 is 0 Å². The minimum atomic E-state index is -3.65. The zero-order valence-corrected chi connectivity index (χ0v) is 17.2. The van der Waals surface area contributed by atoms with Crippen molar-refractivity contribution in [3.63, 3.8) is 0 Å². The second-order valence-electron chi connectivity index (χ2n) is 7.31. The lowest BCUT2D eigenvalue weighted by molar-refractivity contribution is -0.136. The number of rotatable bonds is 6. The quantitative estimate of drug-likeness (QED) is 0.688. The van der Waals surface area contributed by atoms with Gasteiger partial charge in [-0.2, -0.15) is 0 Å². The first-order valence-corrected chi connectivity index (χ1v) is 10.5. The maximum atomic E-state index is 12.3. The normalized spacial score (nSPS) is 20.3. The van der Waals surface area contributed by atoms with E-state index in [9.17, 15) is 18.0 Å². The molecule has 27 heavy (non-hydrogen) atoms. The van der Waals surface area contributed by atoms with Gasteiger partial charge in [-0.25, -0.2) is 17.5 Å². The molecule has 0 spiro atoms. The Morgan fingerprint density at radius 1 is 1.11 bits per heavy atom. The summed E-state index contributed by atoms with van der Waals surface area (Å²) < 4.78 is 30.5. The van der Waals surface area contributed by atoms with E-state index in [0.717, 1.165) is 30.0 Å². The van der Waals surface area contributed by atoms with Crippen LogP contribution in [0.2, 0.25) is 0 Å². The Balaban J connectivity index is 1.96. The number of carbonyl (C=O) groups excluding carboxylic acids is 2. The average molecular weight is 397 g/mol. The number of likely N-dealkylation sites (N-methyl/N-ethyl adjacent to an activating group) is 1. The Kier molecular flexibility index (Phi) is 7.00. The van der Waals surface area contributed by atoms with Crippen LogP contribution in [-0.4, -0.2) is 63.3 Å². The fourth-order valence-corrected chi connectivity index (χ4v) is 4.09. The molecule has 0 radical (unpaired) electrons. The SMILES string of the molecule is CC1CCC(N(C)C(=O)COC(=O)c2cccc(S(=O)(=O)N(C)C)c2)CC1. The minimum absolute atomic E-state index is 0.00159. The summed E-state index contributed by atoms with van der Waals surface area (Å²) >= 11 is 0. The van der Waals surface area contributed by atoms with Crippen LogP contribution in [0.3, 0.4) is 0 Å². The van der Waals surface area contributed by atoms with E-state index >= 15 is 0 Å². The van der Waals surface area contributed by atoms with Crippen molar-refractivity contribution in [1.29, 1.82) is 0 Å². The second-order valence-corrected chi connectivity index (χ2v) is 9.46. The van der Waals surface area contributed by atoms with Crippen LogP contribution < -0.4 is 0 Å². The maximum absolute atomic E-state index is 12.3. The average Bonchev–Trinajstić information content (AvgIpc) is 2.65. The highest BCUT2D eigenvalue weighted by atomic mass is 32.2. The Hall–Kier alpha value is -1.93. The van der Waals surface area contributed by atoms with Gasteiger partial charge >= 0.3 is 5.97 Å². The van der Waals surface area contributed by atoms with E-state index in [2.05, 4.69) is 6.92 Å². The number of carbonyl (C=O) groups is 2. The molecule has 0 atom stereocenters. The number of hydrogen-bond donors (Lipinski definition) is 0. The molecule has 1 amide bonds. The van der Waals surface area contributed by atoms with Crippen molar-refractivity contribution in [2.75, 3.05) is 27.7 Å². The summed E-state index contributed by atoms with van der Waals surface area (Å²) in [7, 11) is 0.926. The first-order chi connectivity index (χ1) is 12.6. The van der Waals surface area contributed by atoms with Crippen LogP contribution in [0.1, 0.15) is 43.0 Å². The van der Waals surface area contributed by atoms with E-state index < -0.39 is 16.0 Å². The van der Waals surface area contributed by atoms with E-state index in [1.807, 2.05) is 0 Å². The summed E-state index contributed by atoms with van der Waals surface area (Å²) in [4.78, 5) is 26.2. The van der Waals surface area contributed by atoms with Crippen LogP contribution in [-0.2, 0) is 19.6 Å². The molecule has 1 aliphatic carbocycles. The summed E-state index contributed by atoms with van der Waals surface area (Å²) in [5.74, 6) is -0.280. The standard InChI is InChI=1S/C19H28N2O5S/c1-14-8-10-16(11-9-14)21(4)18(22)13-26-19(23)15-6-5-7-17(12-15)27(24,25)20(2)3/h5-7,12,14,16H,8-11,13H2,1-4H3. The molecule has 0 N–H and O–H groups in total. The molecule has 1 aromatic carbocycles. The molecule has 2 rings (SSSR count). The van der Waals surface area contributed by atoms with Crippen molar-refractivity contribution in [1.82, 2.24) is 9.21 Å². The van der Waals surface area contributed by atoms with Crippen molar-refractivity contribution in [2.45, 2.75) is 43.5 Å². The van der Waals surface area contributed by atoms with Crippen molar-refractivity contribution in [3.05, 3.63) is 29.8 Å². The summed E-state index contributed by atoms with van der Waals surface area (Å²) in [6.07, 6.45) is 4.11. The molecule has 1 saturated carbocycles. The van der Waals surface area contributed by atoms with E-state index in [1.54, 1.807) is 11.9 Å². The number of esters is 1. The van der Waals surface area contributed by atoms with Gasteiger partial charge in [-0.05, 0) is 49.8 Å². The molecule has 0 saturated heterocycles. The predicted octanol–water partition coefficient (Wildman–Crippen LogP) is 2.13. The predicted molar refractivity (Wildman–Crippen MR) is 102 cm³/mol. The number of ether oxygens (including phenoxy) is 1. The Morgan fingerprint density at radius 3 is 2.33 bits per heavy atom. The molecule has 7 nitrogen and oxygen atoms in total. The van der Waals surface area contributed by atoms with Gasteiger partial charge in [-0.3, -0.25) is 4.79 Å². The Labute approximate surface area is 161 Å². The Morgan fingerprint density at radius 2 is 1.74 bits per heavy atom. The van der Waals surface area contributed by atoms with Crippen molar-refractivity contribution < 1.29 is 22.7 Å². The summed E-state index contributed by atoms with van der Waals surface area (Å²) in [6, 6.07) is 5.79. The molecule has 1 aliphatic rings. The van der Waals surface area contributed by atoms with Gasteiger partial charge in [0.05, 0.1) is 10.5 Å². The highest BCUT2D eigenvalue weighted by Crippen LogP contribution is 2.26. The van der Waals surface area contributed by atoms with Crippen LogP contribution in [0.5, 0.6) is 0 Å². The van der Waals surface area contributed by atoms with Gasteiger partial charge in [0, 0.05) is 27.2 Å². The summed E-state index contributed by atoms with van der Waals surface area (Å²) in [6.45, 7) is 1.86. The van der Waals surface area contributed by atoms with E-state index in [1.165, 1.54) is 38.4 Å². The molecule has 0 bridgehead atoms. The van der Waals surface area contributed by atoms with Gasteiger partial charge < -0.3 is 9.64 Å². The maximum Gasteiger partial charge on any atom is 0.338 e. The zero-order chi connectivity index (χ0) is 20.2. The summed E-state index contributed by atoms with van der Waals surface area (Å²) in [5.41, 5.74) is 0.0971. The highest BCUT2D eigenvalue weighted by molar-refractivity contribution is 7.89. The van der Waals surface area contributed by atoms with Crippen molar-refractivity contribution >= 4 is 21.9 Å². The van der Waals surface area contributed by atoms with Crippen LogP contribution in [0.4, 0.5) is 0 Å². The third kappa shape index (κ3) is 5.29. The molecular weight excluding hydrogens is 368 g/mol. The van der Waals surface area contributed by atoms with Crippen LogP contribution in [0.25, 0.3) is 0 Å². The molecule has 1 fully saturated rings. The van der Waals surface area contributed by atoms with E-state index in [4.69, 9.17) is 4.74 Å². The third-order valence-corrected chi connectivity index (χ3v) is 6.91. The van der Waals surface area contributed by atoms with Crippen molar-refractivity contribution in [2.24, 2.45) is 5.92 Å². The largest absolute Gasteiger partial charge is 0.452 e. The fourth-order valence-electron chi connectivity index (χ4n) is 3.14. The minimum Gasteiger partial charge on any atom is -0.452 e. The molecule has 0 aromatic heterocycles. The molecule has 8 heteroatoms.